The molecule has 0 amide bonds. The lowest BCUT2D eigenvalue weighted by Crippen LogP contribution is -2.05. The predicted octanol–water partition coefficient (Wildman–Crippen LogP) is 4.26. The summed E-state index contributed by atoms with van der Waals surface area (Å²) in [5.41, 5.74) is 7.86. The zero-order valence-electron chi connectivity index (χ0n) is 11.4. The first-order valence-corrected chi connectivity index (χ1v) is 7.18. The van der Waals surface area contributed by atoms with Crippen molar-refractivity contribution in [2.45, 2.75) is 37.8 Å². The summed E-state index contributed by atoms with van der Waals surface area (Å²) in [5.74, 6) is 0.658. The first-order chi connectivity index (χ1) is 8.49. The minimum atomic E-state index is 0.588. The van der Waals surface area contributed by atoms with Crippen LogP contribution in [-0.4, -0.2) is 10.2 Å². The molecular weight excluding hydrogens is 240 g/mol. The van der Waals surface area contributed by atoms with Gasteiger partial charge in [0.05, 0.1) is 0 Å². The highest BCUT2D eigenvalue weighted by Crippen LogP contribution is 2.35. The van der Waals surface area contributed by atoms with Crippen LogP contribution in [0.25, 0.3) is 10.8 Å². The van der Waals surface area contributed by atoms with E-state index in [0.717, 1.165) is 16.8 Å². The van der Waals surface area contributed by atoms with E-state index in [0.29, 0.717) is 11.2 Å². The van der Waals surface area contributed by atoms with Crippen molar-refractivity contribution in [2.75, 3.05) is 5.73 Å². The summed E-state index contributed by atoms with van der Waals surface area (Å²) in [5, 5.41) is 2.87. The van der Waals surface area contributed by atoms with Gasteiger partial charge in [0.1, 0.15) is 0 Å². The molecule has 0 aliphatic carbocycles. The Morgan fingerprint density at radius 3 is 2.56 bits per heavy atom. The molecule has 0 saturated carbocycles. The van der Waals surface area contributed by atoms with Gasteiger partial charge in [0.15, 0.2) is 0 Å². The van der Waals surface area contributed by atoms with Crippen molar-refractivity contribution in [3.05, 3.63) is 30.1 Å². The molecular formula is C15H20N2S. The van der Waals surface area contributed by atoms with Crippen LogP contribution >= 0.6 is 11.8 Å². The van der Waals surface area contributed by atoms with Crippen LogP contribution in [0, 0.1) is 12.8 Å². The number of rotatable bonds is 3. The van der Waals surface area contributed by atoms with Crippen LogP contribution in [0.15, 0.2) is 29.3 Å². The summed E-state index contributed by atoms with van der Waals surface area (Å²) in [7, 11) is 0. The Morgan fingerprint density at radius 1 is 1.17 bits per heavy atom. The first kappa shape index (κ1) is 13.2. The van der Waals surface area contributed by atoms with Gasteiger partial charge in [-0.3, -0.25) is 4.98 Å². The molecule has 0 bridgehead atoms. The van der Waals surface area contributed by atoms with Crippen LogP contribution in [0.1, 0.15) is 26.5 Å². The first-order valence-electron chi connectivity index (χ1n) is 6.30. The minimum absolute atomic E-state index is 0.588. The Hall–Kier alpha value is -1.22. The van der Waals surface area contributed by atoms with Crippen molar-refractivity contribution in [1.29, 1.82) is 0 Å². The Morgan fingerprint density at radius 2 is 1.89 bits per heavy atom. The summed E-state index contributed by atoms with van der Waals surface area (Å²) < 4.78 is 0. The van der Waals surface area contributed by atoms with Crippen molar-refractivity contribution < 1.29 is 0 Å². The van der Waals surface area contributed by atoms with E-state index in [1.54, 1.807) is 0 Å². The second-order valence-electron chi connectivity index (χ2n) is 5.09. The van der Waals surface area contributed by atoms with Crippen LogP contribution in [0.2, 0.25) is 0 Å². The quantitative estimate of drug-likeness (QED) is 0.662. The number of anilines is 1. The Kier molecular flexibility index (Phi) is 3.81. The number of hydrogen-bond acceptors (Lipinski definition) is 3. The monoisotopic (exact) mass is 260 g/mol. The van der Waals surface area contributed by atoms with Gasteiger partial charge in [0.25, 0.3) is 0 Å². The van der Waals surface area contributed by atoms with Gasteiger partial charge in [0.2, 0.25) is 0 Å². The van der Waals surface area contributed by atoms with Gasteiger partial charge in [-0.15, -0.1) is 11.8 Å². The third kappa shape index (κ3) is 2.61. The molecule has 1 aromatic heterocycles. The van der Waals surface area contributed by atoms with Gasteiger partial charge >= 0.3 is 0 Å². The van der Waals surface area contributed by atoms with Crippen molar-refractivity contribution in [3.63, 3.8) is 0 Å². The lowest BCUT2D eigenvalue weighted by molar-refractivity contribution is 0.642. The second-order valence-corrected chi connectivity index (χ2v) is 6.51. The number of benzene rings is 1. The number of thioether (sulfide) groups is 1. The van der Waals surface area contributed by atoms with E-state index in [1.807, 2.05) is 30.9 Å². The number of aromatic nitrogens is 1. The fraction of sp³-hybridized carbons (Fsp3) is 0.400. The van der Waals surface area contributed by atoms with Crippen molar-refractivity contribution in [3.8, 4) is 0 Å². The average molecular weight is 260 g/mol. The van der Waals surface area contributed by atoms with Gasteiger partial charge in [-0.1, -0.05) is 20.8 Å². The Balaban J connectivity index is 2.51. The minimum Gasteiger partial charge on any atom is -0.398 e. The van der Waals surface area contributed by atoms with Crippen LogP contribution in [-0.2, 0) is 0 Å². The van der Waals surface area contributed by atoms with E-state index < -0.39 is 0 Å². The summed E-state index contributed by atoms with van der Waals surface area (Å²) in [6.45, 7) is 8.79. The molecule has 2 N–H and O–H groups in total. The molecule has 0 spiro atoms. The predicted molar refractivity (Wildman–Crippen MR) is 81.0 cm³/mol. The second kappa shape index (κ2) is 5.19. The maximum absolute atomic E-state index is 6.02. The van der Waals surface area contributed by atoms with E-state index in [-0.39, 0.29) is 0 Å². The molecule has 0 aliphatic heterocycles. The fourth-order valence-electron chi connectivity index (χ4n) is 1.78. The molecule has 0 fully saturated rings. The smallest absolute Gasteiger partial charge is 0.0410 e. The molecule has 96 valence electrons. The molecule has 0 radical (unpaired) electrons. The maximum atomic E-state index is 6.02. The molecule has 3 heteroatoms. The van der Waals surface area contributed by atoms with Crippen molar-refractivity contribution >= 4 is 28.2 Å². The fourth-order valence-corrected chi connectivity index (χ4v) is 2.89. The maximum Gasteiger partial charge on any atom is 0.0410 e. The number of fused-ring (bicyclic) bond motifs is 1. The van der Waals surface area contributed by atoms with Crippen LogP contribution in [0.5, 0.6) is 0 Å². The van der Waals surface area contributed by atoms with Crippen LogP contribution in [0.4, 0.5) is 5.69 Å². The molecule has 1 heterocycles. The highest BCUT2D eigenvalue weighted by Gasteiger charge is 2.12. The van der Waals surface area contributed by atoms with E-state index in [9.17, 15) is 0 Å². The molecule has 2 aromatic rings. The summed E-state index contributed by atoms with van der Waals surface area (Å²) in [6, 6.07) is 6.23. The number of nitrogens with two attached hydrogens (primary N) is 1. The molecule has 2 rings (SSSR count). The molecule has 1 aromatic carbocycles. The summed E-state index contributed by atoms with van der Waals surface area (Å²) >= 11 is 1.92. The lowest BCUT2D eigenvalue weighted by Gasteiger charge is -2.17. The third-order valence-corrected chi connectivity index (χ3v) is 4.81. The summed E-state index contributed by atoms with van der Waals surface area (Å²) in [6.07, 6.45) is 1.88. The number of nitrogens with zero attached hydrogens (tertiary/aromatic N) is 1. The largest absolute Gasteiger partial charge is 0.398 e. The van der Waals surface area contributed by atoms with Crippen LogP contribution < -0.4 is 5.73 Å². The van der Waals surface area contributed by atoms with Gasteiger partial charge < -0.3 is 5.73 Å². The number of nitrogen functional groups attached to an aromatic ring is 1. The molecule has 2 nitrogen and oxygen atoms in total. The van der Waals surface area contributed by atoms with E-state index in [4.69, 9.17) is 5.73 Å². The van der Waals surface area contributed by atoms with E-state index in [1.165, 1.54) is 10.3 Å². The highest BCUT2D eigenvalue weighted by atomic mass is 32.2. The number of hydrogen-bond donors (Lipinski definition) is 1. The molecule has 0 aliphatic rings. The van der Waals surface area contributed by atoms with Gasteiger partial charge in [-0.05, 0) is 31.0 Å². The van der Waals surface area contributed by atoms with Gasteiger partial charge in [0, 0.05) is 38.5 Å². The average Bonchev–Trinajstić information content (AvgIpc) is 2.32. The van der Waals surface area contributed by atoms with Gasteiger partial charge in [-0.2, -0.15) is 0 Å². The zero-order valence-corrected chi connectivity index (χ0v) is 12.2. The Bertz CT molecular complexity index is 564. The molecule has 1 atom stereocenters. The highest BCUT2D eigenvalue weighted by molar-refractivity contribution is 8.00. The summed E-state index contributed by atoms with van der Waals surface area (Å²) in [4.78, 5) is 5.63. The number of pyridine rings is 1. The standard InChI is InChI=1S/C15H20N2S/c1-9(2)11(4)18-15-6-5-14(16)13-8-17-10(3)7-12(13)15/h5-9,11H,16H2,1-4H3. The van der Waals surface area contributed by atoms with E-state index in [2.05, 4.69) is 37.9 Å². The van der Waals surface area contributed by atoms with Crippen molar-refractivity contribution in [2.24, 2.45) is 5.92 Å². The van der Waals surface area contributed by atoms with Gasteiger partial charge in [-0.25, -0.2) is 0 Å². The van der Waals surface area contributed by atoms with E-state index >= 15 is 0 Å². The van der Waals surface area contributed by atoms with Crippen molar-refractivity contribution in [1.82, 2.24) is 4.98 Å². The SMILES string of the molecule is Cc1cc2c(SC(C)C(C)C)ccc(N)c2cn1. The molecule has 18 heavy (non-hydrogen) atoms. The zero-order chi connectivity index (χ0) is 13.3. The third-order valence-electron chi connectivity index (χ3n) is 3.28. The Labute approximate surface area is 113 Å². The topological polar surface area (TPSA) is 38.9 Å². The normalized spacial score (nSPS) is 13.2. The molecule has 0 saturated heterocycles. The van der Waals surface area contributed by atoms with Crippen LogP contribution in [0.3, 0.4) is 0 Å². The molecule has 1 unspecified atom stereocenters. The lowest BCUT2D eigenvalue weighted by atomic mass is 10.1. The number of aryl methyl sites for hydroxylation is 1.